The first-order valence-electron chi connectivity index (χ1n) is 12.4. The first-order valence-corrected chi connectivity index (χ1v) is 12.7. The minimum Gasteiger partial charge on any atom is -0.394 e. The monoisotopic (exact) mass is 519 g/mol. The summed E-state index contributed by atoms with van der Waals surface area (Å²) in [5.41, 5.74) is 4.67. The Morgan fingerprint density at radius 2 is 1.78 bits per heavy atom. The second-order valence-corrected chi connectivity index (χ2v) is 10.4. The fourth-order valence-electron chi connectivity index (χ4n) is 5.86. The predicted molar refractivity (Wildman–Crippen MR) is 137 cm³/mol. The molecule has 2 fully saturated rings. The molecule has 7 rings (SSSR count). The first-order chi connectivity index (χ1) is 17.9. The van der Waals surface area contributed by atoms with Gasteiger partial charge in [-0.2, -0.15) is 9.97 Å². The molecule has 0 bridgehead atoms. The third-order valence-electron chi connectivity index (χ3n) is 7.38. The summed E-state index contributed by atoms with van der Waals surface area (Å²) in [4.78, 5) is 16.1. The number of para-hydroxylation sites is 1. The van der Waals surface area contributed by atoms with Gasteiger partial charge in [-0.15, -0.1) is 0 Å². The summed E-state index contributed by atoms with van der Waals surface area (Å²) in [6.45, 7) is 4.22. The van der Waals surface area contributed by atoms with Crippen LogP contribution >= 0.6 is 11.6 Å². The van der Waals surface area contributed by atoms with Crippen molar-refractivity contribution in [1.82, 2.24) is 19.5 Å². The van der Waals surface area contributed by atoms with Gasteiger partial charge < -0.3 is 24.2 Å². The summed E-state index contributed by atoms with van der Waals surface area (Å²) in [5, 5.41) is 10.0. The third-order valence-corrected chi connectivity index (χ3v) is 7.55. The van der Waals surface area contributed by atoms with Gasteiger partial charge in [-0.3, -0.25) is 4.57 Å². The standard InChI is InChI=1S/C27H26ClN5O4/c1-27(2)36-21-19(13-34)35-25(22(21)37-27)33-14-29-20-23(30-26(28)31-24(20)33)32-12-17(15-8-4-3-5-9-15)16-10-6-7-11-18(16)32/h3-11,14,17,19,21-22,25,34H,12-13H2,1-2H3/t17?,19-,21+,22?,25-/m1/s1. The molecule has 190 valence electrons. The van der Waals surface area contributed by atoms with Crippen molar-refractivity contribution in [2.45, 2.75) is 50.1 Å². The van der Waals surface area contributed by atoms with Gasteiger partial charge in [0.05, 0.1) is 12.9 Å². The van der Waals surface area contributed by atoms with E-state index >= 15 is 0 Å². The van der Waals surface area contributed by atoms with Crippen LogP contribution < -0.4 is 4.90 Å². The second kappa shape index (κ2) is 8.47. The molecule has 2 unspecified atom stereocenters. The number of aromatic nitrogens is 4. The molecule has 0 saturated carbocycles. The molecule has 10 heteroatoms. The van der Waals surface area contributed by atoms with Crippen LogP contribution in [-0.4, -0.2) is 61.9 Å². The van der Waals surface area contributed by atoms with E-state index in [0.29, 0.717) is 23.5 Å². The Hall–Kier alpha value is -3.08. The number of hydrogen-bond acceptors (Lipinski definition) is 8. The molecule has 2 saturated heterocycles. The van der Waals surface area contributed by atoms with E-state index in [1.165, 1.54) is 11.1 Å². The number of nitrogens with zero attached hydrogens (tertiary/aromatic N) is 5. The number of benzene rings is 2. The molecule has 1 N–H and O–H groups in total. The number of fused-ring (bicyclic) bond motifs is 3. The van der Waals surface area contributed by atoms with Gasteiger partial charge in [0.15, 0.2) is 29.0 Å². The van der Waals surface area contributed by atoms with Gasteiger partial charge in [-0.05, 0) is 42.6 Å². The summed E-state index contributed by atoms with van der Waals surface area (Å²) < 4.78 is 20.2. The van der Waals surface area contributed by atoms with Crippen LogP contribution in [0.2, 0.25) is 5.28 Å². The SMILES string of the molecule is CC1(C)OC2[C@@H](O1)[C@@H](CO)O[C@H]2n1cnc2c(N3CC(c4ccccc4)c4ccccc43)nc(Cl)nc21. The van der Waals surface area contributed by atoms with Crippen molar-refractivity contribution in [3.05, 3.63) is 77.3 Å². The summed E-state index contributed by atoms with van der Waals surface area (Å²) in [7, 11) is 0. The van der Waals surface area contributed by atoms with Crippen LogP contribution in [0.3, 0.4) is 0 Å². The number of ether oxygens (including phenoxy) is 3. The average Bonchev–Trinajstić information content (AvgIpc) is 3.64. The van der Waals surface area contributed by atoms with Gasteiger partial charge in [0.25, 0.3) is 0 Å². The number of rotatable bonds is 4. The van der Waals surface area contributed by atoms with Crippen LogP contribution in [0.15, 0.2) is 60.9 Å². The molecule has 9 nitrogen and oxygen atoms in total. The van der Waals surface area contributed by atoms with E-state index in [2.05, 4.69) is 57.3 Å². The minimum atomic E-state index is -0.787. The van der Waals surface area contributed by atoms with Crippen LogP contribution in [0.5, 0.6) is 0 Å². The van der Waals surface area contributed by atoms with Crippen molar-refractivity contribution >= 4 is 34.3 Å². The number of aliphatic hydroxyl groups excluding tert-OH is 1. The van der Waals surface area contributed by atoms with Gasteiger partial charge in [-0.25, -0.2) is 4.98 Å². The molecule has 0 aliphatic carbocycles. The predicted octanol–water partition coefficient (Wildman–Crippen LogP) is 4.17. The van der Waals surface area contributed by atoms with Crippen molar-refractivity contribution in [3.63, 3.8) is 0 Å². The Kier molecular flexibility index (Phi) is 5.28. The summed E-state index contributed by atoms with van der Waals surface area (Å²) in [6.07, 6.45) is -0.279. The lowest BCUT2D eigenvalue weighted by Crippen LogP contribution is -2.31. The Bertz CT molecular complexity index is 1480. The summed E-state index contributed by atoms with van der Waals surface area (Å²) >= 11 is 6.50. The van der Waals surface area contributed by atoms with Crippen molar-refractivity contribution in [2.24, 2.45) is 0 Å². The zero-order valence-electron chi connectivity index (χ0n) is 20.4. The van der Waals surface area contributed by atoms with E-state index < -0.39 is 30.3 Å². The van der Waals surface area contributed by atoms with E-state index in [9.17, 15) is 5.11 Å². The van der Waals surface area contributed by atoms with E-state index in [-0.39, 0.29) is 17.8 Å². The van der Waals surface area contributed by atoms with E-state index in [4.69, 9.17) is 30.8 Å². The topological polar surface area (TPSA) is 94.8 Å². The molecule has 37 heavy (non-hydrogen) atoms. The zero-order valence-corrected chi connectivity index (χ0v) is 21.1. The third kappa shape index (κ3) is 3.65. The maximum atomic E-state index is 9.92. The molecular weight excluding hydrogens is 494 g/mol. The largest absolute Gasteiger partial charge is 0.394 e. The molecule has 3 aliphatic rings. The molecule has 0 spiro atoms. The van der Waals surface area contributed by atoms with Gasteiger partial charge in [0.2, 0.25) is 5.28 Å². The molecule has 0 amide bonds. The Labute approximate surface area is 218 Å². The Morgan fingerprint density at radius 3 is 2.59 bits per heavy atom. The average molecular weight is 520 g/mol. The highest BCUT2D eigenvalue weighted by atomic mass is 35.5. The Morgan fingerprint density at radius 1 is 1.03 bits per heavy atom. The van der Waals surface area contributed by atoms with Crippen LogP contribution in [0.25, 0.3) is 11.2 Å². The fraction of sp³-hybridized carbons (Fsp3) is 0.370. The van der Waals surface area contributed by atoms with Crippen LogP contribution in [0.4, 0.5) is 11.5 Å². The summed E-state index contributed by atoms with van der Waals surface area (Å²) in [5.74, 6) is 0.0283. The highest BCUT2D eigenvalue weighted by molar-refractivity contribution is 6.28. The molecule has 2 aromatic heterocycles. The lowest BCUT2D eigenvalue weighted by molar-refractivity contribution is -0.199. The maximum absolute atomic E-state index is 9.92. The smallest absolute Gasteiger partial charge is 0.226 e. The van der Waals surface area contributed by atoms with Gasteiger partial charge >= 0.3 is 0 Å². The molecule has 0 radical (unpaired) electrons. The highest BCUT2D eigenvalue weighted by Crippen LogP contribution is 2.46. The fourth-order valence-corrected chi connectivity index (χ4v) is 6.02. The molecular formula is C27H26ClN5O4. The van der Waals surface area contributed by atoms with E-state index in [1.54, 1.807) is 10.9 Å². The Balaban J connectivity index is 1.32. The molecule has 5 heterocycles. The molecule has 5 atom stereocenters. The van der Waals surface area contributed by atoms with Crippen molar-refractivity contribution in [3.8, 4) is 0 Å². The number of anilines is 2. The molecule has 4 aromatic rings. The van der Waals surface area contributed by atoms with Gasteiger partial charge in [0.1, 0.15) is 18.3 Å². The quantitative estimate of drug-likeness (QED) is 0.401. The molecule has 2 aromatic carbocycles. The highest BCUT2D eigenvalue weighted by Gasteiger charge is 2.56. The number of halogens is 1. The number of aliphatic hydroxyl groups is 1. The van der Waals surface area contributed by atoms with Crippen molar-refractivity contribution in [1.29, 1.82) is 0 Å². The molecule has 3 aliphatic heterocycles. The second-order valence-electron chi connectivity index (χ2n) is 10.1. The minimum absolute atomic E-state index is 0.113. The first kappa shape index (κ1) is 23.1. The maximum Gasteiger partial charge on any atom is 0.226 e. The zero-order chi connectivity index (χ0) is 25.3. The van der Waals surface area contributed by atoms with E-state index in [1.807, 2.05) is 26.0 Å². The van der Waals surface area contributed by atoms with Crippen LogP contribution in [-0.2, 0) is 14.2 Å². The van der Waals surface area contributed by atoms with Crippen LogP contribution in [0.1, 0.15) is 37.1 Å². The van der Waals surface area contributed by atoms with Gasteiger partial charge in [-0.1, -0.05) is 48.5 Å². The van der Waals surface area contributed by atoms with Crippen LogP contribution in [0, 0.1) is 0 Å². The van der Waals surface area contributed by atoms with E-state index in [0.717, 1.165) is 5.69 Å². The van der Waals surface area contributed by atoms with Crippen molar-refractivity contribution in [2.75, 3.05) is 18.1 Å². The van der Waals surface area contributed by atoms with Gasteiger partial charge in [0, 0.05) is 18.2 Å². The lowest BCUT2D eigenvalue weighted by atomic mass is 9.93. The lowest BCUT2D eigenvalue weighted by Gasteiger charge is -2.24. The normalized spacial score (nSPS) is 28.1. The number of imidazole rings is 1. The number of hydrogen-bond donors (Lipinski definition) is 1. The van der Waals surface area contributed by atoms with Crippen molar-refractivity contribution < 1.29 is 19.3 Å². The summed E-state index contributed by atoms with van der Waals surface area (Å²) in [6, 6.07) is 18.8.